The van der Waals surface area contributed by atoms with E-state index in [9.17, 15) is 0 Å². The minimum Gasteiger partial charge on any atom is -0.341 e. The Labute approximate surface area is 136 Å². The molecule has 0 aliphatic carbocycles. The van der Waals surface area contributed by atoms with Gasteiger partial charge in [0.1, 0.15) is 5.82 Å². The van der Waals surface area contributed by atoms with Crippen LogP contribution in [0.1, 0.15) is 42.9 Å². The van der Waals surface area contributed by atoms with Gasteiger partial charge in [0.25, 0.3) is 0 Å². The highest BCUT2D eigenvalue weighted by Crippen LogP contribution is 2.32. The third kappa shape index (κ3) is 2.65. The predicted molar refractivity (Wildman–Crippen MR) is 91.1 cm³/mol. The Bertz CT molecular complexity index is 816. The number of imidazole rings is 2. The average molecular weight is 309 g/mol. The van der Waals surface area contributed by atoms with Gasteiger partial charge in [-0.2, -0.15) is 0 Å². The molecule has 1 aliphatic heterocycles. The minimum absolute atomic E-state index is 0.378. The van der Waals surface area contributed by atoms with E-state index < -0.39 is 0 Å². The van der Waals surface area contributed by atoms with Crippen molar-refractivity contribution in [2.75, 3.05) is 6.54 Å². The highest BCUT2D eigenvalue weighted by atomic mass is 15.2. The number of likely N-dealkylation sites (tertiary alicyclic amines) is 1. The third-order valence-corrected chi connectivity index (χ3v) is 4.84. The van der Waals surface area contributed by atoms with Gasteiger partial charge in [-0.25, -0.2) is 9.97 Å². The van der Waals surface area contributed by atoms with Crippen molar-refractivity contribution in [1.29, 1.82) is 0 Å². The van der Waals surface area contributed by atoms with Crippen molar-refractivity contribution >= 4 is 11.0 Å². The molecule has 120 valence electrons. The van der Waals surface area contributed by atoms with Crippen LogP contribution in [0.25, 0.3) is 11.0 Å². The Morgan fingerprint density at radius 2 is 2.26 bits per heavy atom. The van der Waals surface area contributed by atoms with E-state index in [1.807, 2.05) is 12.5 Å². The third-order valence-electron chi connectivity index (χ3n) is 4.84. The number of fused-ring (bicyclic) bond motifs is 1. The number of rotatable bonds is 4. The van der Waals surface area contributed by atoms with Gasteiger partial charge in [0.05, 0.1) is 29.1 Å². The lowest BCUT2D eigenvalue weighted by Crippen LogP contribution is -2.24. The molecule has 5 heteroatoms. The molecule has 1 atom stereocenters. The van der Waals surface area contributed by atoms with Gasteiger partial charge in [-0.15, -0.1) is 0 Å². The van der Waals surface area contributed by atoms with Crippen molar-refractivity contribution in [3.05, 3.63) is 47.8 Å². The monoisotopic (exact) mass is 309 g/mol. The van der Waals surface area contributed by atoms with Crippen LogP contribution in [0.15, 0.2) is 30.7 Å². The topological polar surface area (TPSA) is 49.7 Å². The molecule has 3 aromatic rings. The molecule has 0 spiro atoms. The number of nitrogens with zero attached hydrogens (tertiary/aromatic N) is 4. The first-order chi connectivity index (χ1) is 11.2. The van der Waals surface area contributed by atoms with Crippen LogP contribution in [0, 0.1) is 6.92 Å². The first-order valence-electron chi connectivity index (χ1n) is 8.44. The zero-order valence-corrected chi connectivity index (χ0v) is 13.8. The molecule has 23 heavy (non-hydrogen) atoms. The fraction of sp³-hybridized carbons (Fsp3) is 0.444. The second-order valence-corrected chi connectivity index (χ2v) is 6.44. The van der Waals surface area contributed by atoms with Crippen LogP contribution in [-0.2, 0) is 13.1 Å². The smallest absolute Gasteiger partial charge is 0.124 e. The Morgan fingerprint density at radius 1 is 1.35 bits per heavy atom. The Kier molecular flexibility index (Phi) is 3.65. The van der Waals surface area contributed by atoms with E-state index in [-0.39, 0.29) is 0 Å². The lowest BCUT2D eigenvalue weighted by atomic mass is 10.2. The summed E-state index contributed by atoms with van der Waals surface area (Å²) >= 11 is 0. The summed E-state index contributed by atoms with van der Waals surface area (Å²) in [5.74, 6) is 1.10. The summed E-state index contributed by atoms with van der Waals surface area (Å²) in [6.45, 7) is 7.31. The maximum Gasteiger partial charge on any atom is 0.124 e. The van der Waals surface area contributed by atoms with E-state index in [2.05, 4.69) is 51.5 Å². The van der Waals surface area contributed by atoms with Crippen molar-refractivity contribution in [1.82, 2.24) is 24.4 Å². The van der Waals surface area contributed by atoms with Crippen molar-refractivity contribution in [3.8, 4) is 0 Å². The Hall–Kier alpha value is -2.14. The number of H-pyrrole nitrogens is 1. The second-order valence-electron chi connectivity index (χ2n) is 6.44. The van der Waals surface area contributed by atoms with Crippen LogP contribution in [-0.4, -0.2) is 31.0 Å². The van der Waals surface area contributed by atoms with Crippen LogP contribution >= 0.6 is 0 Å². The number of nitrogens with one attached hydrogen (secondary N) is 1. The van der Waals surface area contributed by atoms with Crippen LogP contribution in [0.4, 0.5) is 0 Å². The fourth-order valence-corrected chi connectivity index (χ4v) is 3.60. The van der Waals surface area contributed by atoms with Crippen LogP contribution in [0.3, 0.4) is 0 Å². The van der Waals surface area contributed by atoms with Gasteiger partial charge in [0, 0.05) is 19.3 Å². The van der Waals surface area contributed by atoms with Gasteiger partial charge in [0.15, 0.2) is 0 Å². The van der Waals surface area contributed by atoms with Gasteiger partial charge in [0.2, 0.25) is 0 Å². The van der Waals surface area contributed by atoms with Gasteiger partial charge in [-0.05, 0) is 50.9 Å². The summed E-state index contributed by atoms with van der Waals surface area (Å²) < 4.78 is 2.22. The van der Waals surface area contributed by atoms with Crippen molar-refractivity contribution in [2.45, 2.75) is 45.8 Å². The summed E-state index contributed by atoms with van der Waals surface area (Å²) in [5, 5.41) is 0. The number of aryl methyl sites for hydroxylation is 2. The normalized spacial score (nSPS) is 19.0. The summed E-state index contributed by atoms with van der Waals surface area (Å²) in [7, 11) is 0. The van der Waals surface area contributed by atoms with Crippen molar-refractivity contribution in [3.63, 3.8) is 0 Å². The van der Waals surface area contributed by atoms with E-state index >= 15 is 0 Å². The summed E-state index contributed by atoms with van der Waals surface area (Å²) in [5.41, 5.74) is 4.76. The molecule has 3 heterocycles. The highest BCUT2D eigenvalue weighted by molar-refractivity contribution is 5.75. The van der Waals surface area contributed by atoms with Gasteiger partial charge >= 0.3 is 0 Å². The number of hydrogen-bond donors (Lipinski definition) is 1. The number of benzene rings is 1. The maximum atomic E-state index is 4.84. The minimum atomic E-state index is 0.378. The zero-order chi connectivity index (χ0) is 15.8. The molecule has 5 nitrogen and oxygen atoms in total. The fourth-order valence-electron chi connectivity index (χ4n) is 3.60. The standard InChI is InChI=1S/C18H23N5/c1-3-22-12-19-10-14(22)11-23-8-4-5-17(23)18-20-15-7-6-13(2)9-16(15)21-18/h6-7,9-10,12,17H,3-5,8,11H2,1-2H3,(H,20,21). The molecule has 1 N–H and O–H groups in total. The van der Waals surface area contributed by atoms with E-state index in [1.165, 1.54) is 24.1 Å². The molecule has 1 aromatic carbocycles. The molecular formula is C18H23N5. The molecule has 1 fully saturated rings. The maximum absolute atomic E-state index is 4.84. The molecule has 1 aliphatic rings. The van der Waals surface area contributed by atoms with E-state index in [4.69, 9.17) is 4.98 Å². The molecule has 4 rings (SSSR count). The Balaban J connectivity index is 1.61. The lowest BCUT2D eigenvalue weighted by molar-refractivity contribution is 0.235. The lowest BCUT2D eigenvalue weighted by Gasteiger charge is -2.23. The molecule has 0 saturated carbocycles. The largest absolute Gasteiger partial charge is 0.341 e. The van der Waals surface area contributed by atoms with E-state index in [0.717, 1.165) is 36.5 Å². The summed E-state index contributed by atoms with van der Waals surface area (Å²) in [6, 6.07) is 6.79. The molecule has 0 amide bonds. The van der Waals surface area contributed by atoms with Crippen LogP contribution in [0.2, 0.25) is 0 Å². The number of aromatic amines is 1. The average Bonchev–Trinajstić information content (AvgIpc) is 3.25. The quantitative estimate of drug-likeness (QED) is 0.803. The first kappa shape index (κ1) is 14.5. The first-order valence-corrected chi connectivity index (χ1v) is 8.44. The van der Waals surface area contributed by atoms with Gasteiger partial charge < -0.3 is 9.55 Å². The van der Waals surface area contributed by atoms with E-state index in [1.54, 1.807) is 0 Å². The van der Waals surface area contributed by atoms with Crippen LogP contribution < -0.4 is 0 Å². The molecule has 0 radical (unpaired) electrons. The summed E-state index contributed by atoms with van der Waals surface area (Å²) in [6.07, 6.45) is 6.30. The van der Waals surface area contributed by atoms with Gasteiger partial charge in [-0.3, -0.25) is 4.90 Å². The van der Waals surface area contributed by atoms with Crippen molar-refractivity contribution < 1.29 is 0 Å². The van der Waals surface area contributed by atoms with Gasteiger partial charge in [-0.1, -0.05) is 6.07 Å². The highest BCUT2D eigenvalue weighted by Gasteiger charge is 2.29. The Morgan fingerprint density at radius 3 is 3.13 bits per heavy atom. The number of aromatic nitrogens is 4. The number of hydrogen-bond acceptors (Lipinski definition) is 3. The molecule has 0 bridgehead atoms. The molecule has 1 unspecified atom stereocenters. The van der Waals surface area contributed by atoms with Crippen molar-refractivity contribution in [2.24, 2.45) is 0 Å². The predicted octanol–water partition coefficient (Wildman–Crippen LogP) is 3.42. The second kappa shape index (κ2) is 5.81. The van der Waals surface area contributed by atoms with Crippen LogP contribution in [0.5, 0.6) is 0 Å². The summed E-state index contributed by atoms with van der Waals surface area (Å²) in [4.78, 5) is 15.2. The zero-order valence-electron chi connectivity index (χ0n) is 13.8. The molecule has 1 saturated heterocycles. The SMILES string of the molecule is CCn1cncc1CN1CCCC1c1nc2ccc(C)cc2[nH]1. The molecular weight excluding hydrogens is 286 g/mol. The van der Waals surface area contributed by atoms with E-state index in [0.29, 0.717) is 6.04 Å². The molecule has 2 aromatic heterocycles.